The van der Waals surface area contributed by atoms with E-state index in [1.54, 1.807) is 6.07 Å². The molecule has 1 aromatic heterocycles. The zero-order chi connectivity index (χ0) is 12.3. The first-order valence-corrected chi connectivity index (χ1v) is 5.86. The molecule has 1 fully saturated rings. The highest BCUT2D eigenvalue weighted by Crippen LogP contribution is 2.10. The predicted octanol–water partition coefficient (Wildman–Crippen LogP) is 0.215. The quantitative estimate of drug-likeness (QED) is 0.788. The van der Waals surface area contributed by atoms with Gasteiger partial charge >= 0.3 is 0 Å². The van der Waals surface area contributed by atoms with E-state index in [-0.39, 0.29) is 11.9 Å². The van der Waals surface area contributed by atoms with Crippen molar-refractivity contribution in [3.63, 3.8) is 0 Å². The van der Waals surface area contributed by atoms with Crippen LogP contribution in [0.15, 0.2) is 10.6 Å². The molecule has 2 rings (SSSR count). The molecular weight excluding hydrogens is 220 g/mol. The molecule has 1 aliphatic heterocycles. The Morgan fingerprint density at radius 2 is 2.29 bits per heavy atom. The van der Waals surface area contributed by atoms with E-state index in [1.165, 1.54) is 0 Å². The number of aryl methyl sites for hydroxylation is 1. The molecule has 1 saturated heterocycles. The predicted molar refractivity (Wildman–Crippen MR) is 63.8 cm³/mol. The molecule has 94 valence electrons. The second kappa shape index (κ2) is 5.29. The summed E-state index contributed by atoms with van der Waals surface area (Å²) in [6.45, 7) is 7.37. The second-order valence-electron chi connectivity index (χ2n) is 4.28. The van der Waals surface area contributed by atoms with Crippen LogP contribution in [0.5, 0.6) is 0 Å². The fourth-order valence-electron chi connectivity index (χ4n) is 1.88. The van der Waals surface area contributed by atoms with E-state index >= 15 is 0 Å². The van der Waals surface area contributed by atoms with Crippen molar-refractivity contribution in [3.8, 4) is 0 Å². The van der Waals surface area contributed by atoms with Crippen molar-refractivity contribution in [1.82, 2.24) is 15.4 Å². The molecule has 2 heterocycles. The standard InChI is InChI=1S/C11H18N4O2/c1-8-7-10(17-14-8)13-11(16)9(2)15-5-3-12-4-6-15/h7,9,12H,3-6H2,1-2H3,(H,13,16). The van der Waals surface area contributed by atoms with Crippen molar-refractivity contribution >= 4 is 11.8 Å². The number of amides is 1. The third-order valence-electron chi connectivity index (χ3n) is 2.95. The average Bonchev–Trinajstić information content (AvgIpc) is 2.75. The zero-order valence-electron chi connectivity index (χ0n) is 10.2. The summed E-state index contributed by atoms with van der Waals surface area (Å²) in [5, 5.41) is 9.72. The van der Waals surface area contributed by atoms with Crippen LogP contribution < -0.4 is 10.6 Å². The number of carbonyl (C=O) groups excluding carboxylic acids is 1. The second-order valence-corrected chi connectivity index (χ2v) is 4.28. The molecule has 0 aromatic carbocycles. The van der Waals surface area contributed by atoms with E-state index in [4.69, 9.17) is 4.52 Å². The normalized spacial score (nSPS) is 18.9. The first-order chi connectivity index (χ1) is 8.16. The summed E-state index contributed by atoms with van der Waals surface area (Å²) >= 11 is 0. The van der Waals surface area contributed by atoms with Crippen molar-refractivity contribution in [2.24, 2.45) is 0 Å². The first-order valence-electron chi connectivity index (χ1n) is 5.86. The monoisotopic (exact) mass is 238 g/mol. The molecule has 0 radical (unpaired) electrons. The van der Waals surface area contributed by atoms with Gasteiger partial charge in [-0.15, -0.1) is 0 Å². The molecule has 1 unspecified atom stereocenters. The van der Waals surface area contributed by atoms with Crippen LogP contribution in [0.1, 0.15) is 12.6 Å². The zero-order valence-corrected chi connectivity index (χ0v) is 10.2. The van der Waals surface area contributed by atoms with Crippen molar-refractivity contribution in [1.29, 1.82) is 0 Å². The smallest absolute Gasteiger partial charge is 0.243 e. The summed E-state index contributed by atoms with van der Waals surface area (Å²) in [7, 11) is 0. The van der Waals surface area contributed by atoms with Gasteiger partial charge in [-0.3, -0.25) is 15.0 Å². The number of nitrogens with one attached hydrogen (secondary N) is 2. The lowest BCUT2D eigenvalue weighted by Crippen LogP contribution is -2.51. The van der Waals surface area contributed by atoms with Crippen LogP contribution in [-0.4, -0.2) is 48.2 Å². The highest BCUT2D eigenvalue weighted by Gasteiger charge is 2.23. The topological polar surface area (TPSA) is 70.4 Å². The maximum atomic E-state index is 12.0. The van der Waals surface area contributed by atoms with Gasteiger partial charge in [0.25, 0.3) is 0 Å². The molecule has 0 aliphatic carbocycles. The van der Waals surface area contributed by atoms with E-state index in [9.17, 15) is 4.79 Å². The van der Waals surface area contributed by atoms with Crippen LogP contribution in [-0.2, 0) is 4.79 Å². The van der Waals surface area contributed by atoms with Crippen molar-refractivity contribution in [2.45, 2.75) is 19.9 Å². The summed E-state index contributed by atoms with van der Waals surface area (Å²) < 4.78 is 4.96. The SMILES string of the molecule is Cc1cc(NC(=O)C(C)N2CCNCC2)on1. The average molecular weight is 238 g/mol. The minimum absolute atomic E-state index is 0.0527. The molecule has 0 bridgehead atoms. The molecular formula is C11H18N4O2. The van der Waals surface area contributed by atoms with E-state index in [1.807, 2.05) is 13.8 Å². The minimum Gasteiger partial charge on any atom is -0.338 e. The Bertz CT molecular complexity index is 385. The van der Waals surface area contributed by atoms with Crippen molar-refractivity contribution < 1.29 is 9.32 Å². The third-order valence-corrected chi connectivity index (χ3v) is 2.95. The highest BCUT2D eigenvalue weighted by atomic mass is 16.5. The van der Waals surface area contributed by atoms with Crippen LogP contribution in [0, 0.1) is 6.92 Å². The minimum atomic E-state index is -0.150. The Morgan fingerprint density at radius 3 is 2.88 bits per heavy atom. The summed E-state index contributed by atoms with van der Waals surface area (Å²) in [4.78, 5) is 14.1. The van der Waals surface area contributed by atoms with Gasteiger partial charge in [-0.25, -0.2) is 0 Å². The summed E-state index contributed by atoms with van der Waals surface area (Å²) in [6.07, 6.45) is 0. The lowest BCUT2D eigenvalue weighted by Gasteiger charge is -2.31. The van der Waals surface area contributed by atoms with Gasteiger partial charge in [-0.1, -0.05) is 5.16 Å². The third kappa shape index (κ3) is 3.04. The fraction of sp³-hybridized carbons (Fsp3) is 0.636. The number of anilines is 1. The van der Waals surface area contributed by atoms with Crippen molar-refractivity contribution in [2.75, 3.05) is 31.5 Å². The van der Waals surface area contributed by atoms with Gasteiger partial charge in [0, 0.05) is 32.2 Å². The number of hydrogen-bond donors (Lipinski definition) is 2. The van der Waals surface area contributed by atoms with Gasteiger partial charge in [-0.2, -0.15) is 0 Å². The fourth-order valence-corrected chi connectivity index (χ4v) is 1.88. The molecule has 2 N–H and O–H groups in total. The molecule has 6 heteroatoms. The molecule has 1 aromatic rings. The van der Waals surface area contributed by atoms with Crippen LogP contribution >= 0.6 is 0 Å². The number of rotatable bonds is 3. The lowest BCUT2D eigenvalue weighted by molar-refractivity contribution is -0.121. The summed E-state index contributed by atoms with van der Waals surface area (Å²) in [5.41, 5.74) is 0.759. The number of piperazine rings is 1. The molecule has 1 atom stereocenters. The van der Waals surface area contributed by atoms with E-state index in [0.29, 0.717) is 5.88 Å². The summed E-state index contributed by atoms with van der Waals surface area (Å²) in [5.74, 6) is 0.359. The summed E-state index contributed by atoms with van der Waals surface area (Å²) in [6, 6.07) is 1.56. The van der Waals surface area contributed by atoms with Crippen molar-refractivity contribution in [3.05, 3.63) is 11.8 Å². The number of aromatic nitrogens is 1. The van der Waals surface area contributed by atoms with Gasteiger partial charge in [-0.05, 0) is 13.8 Å². The Labute approximate surface area is 100 Å². The lowest BCUT2D eigenvalue weighted by atomic mass is 10.2. The Hall–Kier alpha value is -1.40. The Kier molecular flexibility index (Phi) is 3.75. The highest BCUT2D eigenvalue weighted by molar-refractivity contribution is 5.93. The van der Waals surface area contributed by atoms with E-state index < -0.39 is 0 Å². The molecule has 0 saturated carbocycles. The first kappa shape index (κ1) is 12.1. The van der Waals surface area contributed by atoms with Gasteiger partial charge in [0.15, 0.2) is 0 Å². The van der Waals surface area contributed by atoms with Gasteiger partial charge in [0.1, 0.15) is 0 Å². The van der Waals surface area contributed by atoms with Crippen LogP contribution in [0.25, 0.3) is 0 Å². The Morgan fingerprint density at radius 1 is 1.59 bits per heavy atom. The van der Waals surface area contributed by atoms with E-state index in [2.05, 4.69) is 20.7 Å². The van der Waals surface area contributed by atoms with Crippen LogP contribution in [0.3, 0.4) is 0 Å². The van der Waals surface area contributed by atoms with Gasteiger partial charge < -0.3 is 9.84 Å². The number of hydrogen-bond acceptors (Lipinski definition) is 5. The maximum absolute atomic E-state index is 12.0. The van der Waals surface area contributed by atoms with Gasteiger partial charge in [0.2, 0.25) is 11.8 Å². The molecule has 1 aliphatic rings. The molecule has 17 heavy (non-hydrogen) atoms. The molecule has 1 amide bonds. The van der Waals surface area contributed by atoms with Gasteiger partial charge in [0.05, 0.1) is 11.7 Å². The molecule has 6 nitrogen and oxygen atoms in total. The van der Waals surface area contributed by atoms with Crippen LogP contribution in [0.4, 0.5) is 5.88 Å². The maximum Gasteiger partial charge on any atom is 0.243 e. The number of nitrogens with zero attached hydrogens (tertiary/aromatic N) is 2. The number of carbonyl (C=O) groups is 1. The Balaban J connectivity index is 1.90. The molecule has 0 spiro atoms. The largest absolute Gasteiger partial charge is 0.338 e. The van der Waals surface area contributed by atoms with E-state index in [0.717, 1.165) is 31.9 Å². The van der Waals surface area contributed by atoms with Crippen LogP contribution in [0.2, 0.25) is 0 Å².